The van der Waals surface area contributed by atoms with Crippen molar-refractivity contribution in [3.05, 3.63) is 38.9 Å². The average molecular weight is 504 g/mol. The number of nitrogens with zero attached hydrogens (tertiary/aromatic N) is 1. The Morgan fingerprint density at radius 2 is 1.06 bits per heavy atom. The molecular formula is C31H53NO4. The fourth-order valence-electron chi connectivity index (χ4n) is 5.09. The molecule has 0 unspecified atom stereocenters. The van der Waals surface area contributed by atoms with Crippen LogP contribution in [0.25, 0.3) is 0 Å². The third kappa shape index (κ3) is 14.6. The molecule has 0 heterocycles. The quantitative estimate of drug-likeness (QED) is 0.0864. The summed E-state index contributed by atoms with van der Waals surface area (Å²) in [4.78, 5) is 23.0. The number of unbranched alkanes of at least 4 members (excludes halogenated alkanes) is 18. The van der Waals surface area contributed by atoms with E-state index in [2.05, 4.69) is 13.8 Å². The second-order valence-electron chi connectivity index (χ2n) is 10.6. The van der Waals surface area contributed by atoms with Gasteiger partial charge in [-0.2, -0.15) is 0 Å². The lowest BCUT2D eigenvalue weighted by molar-refractivity contribution is -0.385. The van der Waals surface area contributed by atoms with Crippen molar-refractivity contribution in [1.82, 2.24) is 0 Å². The first kappa shape index (κ1) is 32.1. The third-order valence-electron chi connectivity index (χ3n) is 7.28. The SMILES string of the molecule is CCCCCCCCCCCCc1cc(CCCCCCCCCCCC)c([N+](=O)[O-])c(C(=O)O)c1. The highest BCUT2D eigenvalue weighted by Crippen LogP contribution is 2.29. The van der Waals surface area contributed by atoms with Crippen LogP contribution in [0.4, 0.5) is 5.69 Å². The van der Waals surface area contributed by atoms with Crippen LogP contribution in [0.15, 0.2) is 12.1 Å². The van der Waals surface area contributed by atoms with E-state index >= 15 is 0 Å². The fraction of sp³-hybridized carbons (Fsp3) is 0.774. The summed E-state index contributed by atoms with van der Waals surface area (Å²) in [6.07, 6.45) is 26.0. The number of nitro groups is 1. The van der Waals surface area contributed by atoms with Crippen LogP contribution in [0.1, 0.15) is 164 Å². The van der Waals surface area contributed by atoms with Gasteiger partial charge in [-0.3, -0.25) is 10.1 Å². The Hall–Kier alpha value is -1.91. The summed E-state index contributed by atoms with van der Waals surface area (Å²) in [6.45, 7) is 4.48. The first-order valence-electron chi connectivity index (χ1n) is 15.0. The van der Waals surface area contributed by atoms with Crippen molar-refractivity contribution >= 4 is 11.7 Å². The molecule has 0 fully saturated rings. The molecule has 0 aromatic heterocycles. The van der Waals surface area contributed by atoms with Crippen LogP contribution in [0.2, 0.25) is 0 Å². The fourth-order valence-corrected chi connectivity index (χ4v) is 5.09. The van der Waals surface area contributed by atoms with Crippen LogP contribution in [0.3, 0.4) is 0 Å². The lowest BCUT2D eigenvalue weighted by Crippen LogP contribution is -2.08. The van der Waals surface area contributed by atoms with Gasteiger partial charge in [-0.15, -0.1) is 0 Å². The van der Waals surface area contributed by atoms with Gasteiger partial charge in [-0.05, 0) is 43.4 Å². The van der Waals surface area contributed by atoms with Gasteiger partial charge in [-0.1, -0.05) is 129 Å². The topological polar surface area (TPSA) is 80.4 Å². The van der Waals surface area contributed by atoms with Crippen LogP contribution in [-0.4, -0.2) is 16.0 Å². The van der Waals surface area contributed by atoms with E-state index < -0.39 is 10.9 Å². The van der Waals surface area contributed by atoms with Crippen LogP contribution >= 0.6 is 0 Å². The largest absolute Gasteiger partial charge is 0.477 e. The van der Waals surface area contributed by atoms with E-state index in [-0.39, 0.29) is 11.3 Å². The molecule has 5 heteroatoms. The Bertz CT molecular complexity index is 732. The summed E-state index contributed by atoms with van der Waals surface area (Å²) >= 11 is 0. The second-order valence-corrected chi connectivity index (χ2v) is 10.6. The highest BCUT2D eigenvalue weighted by Gasteiger charge is 2.25. The molecule has 1 N–H and O–H groups in total. The van der Waals surface area contributed by atoms with Crippen LogP contribution < -0.4 is 0 Å². The molecule has 0 saturated heterocycles. The first-order valence-corrected chi connectivity index (χ1v) is 15.0. The molecule has 0 atom stereocenters. The number of nitro benzene ring substituents is 1. The molecule has 206 valence electrons. The van der Waals surface area contributed by atoms with E-state index in [1.807, 2.05) is 6.07 Å². The summed E-state index contributed by atoms with van der Waals surface area (Å²) < 4.78 is 0. The standard InChI is InChI=1S/C31H53NO4/c1-3-5-7-9-11-13-15-17-19-21-23-27-25-28(30(32(35)36)29(26-27)31(33)34)24-22-20-18-16-14-12-10-8-6-4-2/h25-26H,3-24H2,1-2H3,(H,33,34). The summed E-state index contributed by atoms with van der Waals surface area (Å²) in [6, 6.07) is 3.45. The molecule has 0 aliphatic heterocycles. The van der Waals surface area contributed by atoms with Gasteiger partial charge < -0.3 is 5.11 Å². The minimum atomic E-state index is -1.20. The summed E-state index contributed by atoms with van der Waals surface area (Å²) in [5.74, 6) is -1.20. The van der Waals surface area contributed by atoms with E-state index in [0.29, 0.717) is 12.0 Å². The Labute approximate surface area is 220 Å². The van der Waals surface area contributed by atoms with E-state index in [1.54, 1.807) is 0 Å². The molecule has 0 saturated carbocycles. The maximum absolute atomic E-state index is 11.8. The van der Waals surface area contributed by atoms with Crippen molar-refractivity contribution in [3.8, 4) is 0 Å². The van der Waals surface area contributed by atoms with Crippen molar-refractivity contribution in [1.29, 1.82) is 0 Å². The zero-order valence-corrected chi connectivity index (χ0v) is 23.3. The Morgan fingerprint density at radius 1 is 0.667 bits per heavy atom. The molecule has 0 bridgehead atoms. The van der Waals surface area contributed by atoms with Crippen molar-refractivity contribution in [3.63, 3.8) is 0 Å². The van der Waals surface area contributed by atoms with E-state index in [4.69, 9.17) is 0 Å². The van der Waals surface area contributed by atoms with Crippen LogP contribution in [0.5, 0.6) is 0 Å². The number of carboxylic acids is 1. The zero-order valence-electron chi connectivity index (χ0n) is 23.3. The molecule has 1 aromatic rings. The van der Waals surface area contributed by atoms with Gasteiger partial charge in [-0.25, -0.2) is 4.79 Å². The average Bonchev–Trinajstić information content (AvgIpc) is 2.85. The minimum Gasteiger partial charge on any atom is -0.477 e. The number of aromatic carboxylic acids is 1. The molecule has 0 spiro atoms. The summed E-state index contributed by atoms with van der Waals surface area (Å²) in [5.41, 5.74) is 1.18. The first-order chi connectivity index (χ1) is 17.5. The van der Waals surface area contributed by atoms with Gasteiger partial charge in [0.25, 0.3) is 5.69 Å². The lowest BCUT2D eigenvalue weighted by atomic mass is 9.95. The van der Waals surface area contributed by atoms with Gasteiger partial charge in [0, 0.05) is 5.56 Å². The Balaban J connectivity index is 2.49. The van der Waals surface area contributed by atoms with Gasteiger partial charge in [0.1, 0.15) is 5.56 Å². The number of carboxylic acid groups (broad SMARTS) is 1. The summed E-state index contributed by atoms with van der Waals surface area (Å²) in [7, 11) is 0. The molecule has 1 aromatic carbocycles. The normalized spacial score (nSPS) is 11.2. The predicted octanol–water partition coefficient (Wildman–Crippen LogP) is 10.2. The van der Waals surface area contributed by atoms with Crippen molar-refractivity contribution < 1.29 is 14.8 Å². The molecule has 5 nitrogen and oxygen atoms in total. The lowest BCUT2D eigenvalue weighted by Gasteiger charge is -2.10. The molecule has 0 aliphatic carbocycles. The molecule has 0 radical (unpaired) electrons. The van der Waals surface area contributed by atoms with Crippen molar-refractivity contribution in [2.45, 2.75) is 155 Å². The molecule has 1 rings (SSSR count). The number of rotatable bonds is 24. The van der Waals surface area contributed by atoms with Gasteiger partial charge in [0.05, 0.1) is 4.92 Å². The van der Waals surface area contributed by atoms with Crippen LogP contribution in [-0.2, 0) is 12.8 Å². The second kappa shape index (κ2) is 21.2. The highest BCUT2D eigenvalue weighted by atomic mass is 16.6. The Kier molecular flexibility index (Phi) is 18.9. The molecule has 0 aliphatic rings. The molecule has 36 heavy (non-hydrogen) atoms. The predicted molar refractivity (Wildman–Crippen MR) is 151 cm³/mol. The van der Waals surface area contributed by atoms with Gasteiger partial charge in [0.2, 0.25) is 0 Å². The smallest absolute Gasteiger partial charge is 0.342 e. The number of carbonyl (C=O) groups is 1. The zero-order chi connectivity index (χ0) is 26.4. The number of hydrogen-bond donors (Lipinski definition) is 1. The molecule has 0 amide bonds. The van der Waals surface area contributed by atoms with Crippen molar-refractivity contribution in [2.75, 3.05) is 0 Å². The number of hydrogen-bond acceptors (Lipinski definition) is 3. The Morgan fingerprint density at radius 3 is 1.44 bits per heavy atom. The number of benzene rings is 1. The van der Waals surface area contributed by atoms with Crippen LogP contribution in [0, 0.1) is 10.1 Å². The van der Waals surface area contributed by atoms with Gasteiger partial charge in [0.15, 0.2) is 0 Å². The minimum absolute atomic E-state index is 0.147. The number of aryl methyl sites for hydroxylation is 2. The van der Waals surface area contributed by atoms with E-state index in [1.165, 1.54) is 102 Å². The van der Waals surface area contributed by atoms with Gasteiger partial charge >= 0.3 is 5.97 Å². The third-order valence-corrected chi connectivity index (χ3v) is 7.28. The highest BCUT2D eigenvalue weighted by molar-refractivity contribution is 5.93. The van der Waals surface area contributed by atoms with E-state index in [9.17, 15) is 20.0 Å². The van der Waals surface area contributed by atoms with E-state index in [0.717, 1.165) is 44.1 Å². The monoisotopic (exact) mass is 503 g/mol. The maximum atomic E-state index is 11.8. The molecular weight excluding hydrogens is 450 g/mol. The summed E-state index contributed by atoms with van der Waals surface area (Å²) in [5, 5.41) is 21.4. The van der Waals surface area contributed by atoms with Crippen molar-refractivity contribution in [2.24, 2.45) is 0 Å². The maximum Gasteiger partial charge on any atom is 0.342 e.